The van der Waals surface area contributed by atoms with Gasteiger partial charge in [-0.2, -0.15) is 10.4 Å². The van der Waals surface area contributed by atoms with Gasteiger partial charge < -0.3 is 5.11 Å². The van der Waals surface area contributed by atoms with Crippen molar-refractivity contribution in [2.24, 2.45) is 10.2 Å². The number of nitrogens with zero attached hydrogens (tertiary/aromatic N) is 3. The van der Waals surface area contributed by atoms with Gasteiger partial charge >= 0.3 is 6.09 Å². The largest absolute Gasteiger partial charge is 0.462 e. The highest BCUT2D eigenvalue weighted by molar-refractivity contribution is 5.64. The van der Waals surface area contributed by atoms with Crippen LogP contribution < -0.4 is 0 Å². The lowest BCUT2D eigenvalue weighted by Gasteiger charge is -2.03. The molecule has 0 bridgehead atoms. The molecular formula is C5H7N3O2. The molecule has 0 spiro atoms. The van der Waals surface area contributed by atoms with Gasteiger partial charge in [0.05, 0.1) is 6.07 Å². The van der Waals surface area contributed by atoms with Gasteiger partial charge in [-0.25, -0.2) is 4.79 Å². The molecule has 0 saturated heterocycles. The molecule has 0 aliphatic rings. The molecule has 1 amide bonds. The van der Waals surface area contributed by atoms with E-state index < -0.39 is 11.6 Å². The Kier molecular flexibility index (Phi) is 2.50. The smallest absolute Gasteiger partial charge is 0.449 e. The Hall–Kier alpha value is -1.44. The van der Waals surface area contributed by atoms with E-state index in [9.17, 15) is 4.79 Å². The molecular weight excluding hydrogens is 134 g/mol. The van der Waals surface area contributed by atoms with E-state index in [1.54, 1.807) is 6.07 Å². The van der Waals surface area contributed by atoms with Gasteiger partial charge in [0.2, 0.25) is 0 Å². The predicted molar refractivity (Wildman–Crippen MR) is 32.6 cm³/mol. The molecule has 0 aliphatic heterocycles. The number of rotatable bonds is 1. The molecule has 0 fully saturated rings. The van der Waals surface area contributed by atoms with Gasteiger partial charge in [-0.1, -0.05) is 5.11 Å². The van der Waals surface area contributed by atoms with Gasteiger partial charge in [0.25, 0.3) is 0 Å². The van der Waals surface area contributed by atoms with Crippen molar-refractivity contribution in [1.82, 2.24) is 0 Å². The highest BCUT2D eigenvalue weighted by atomic mass is 16.4. The normalized spacial score (nSPS) is 11.3. The maximum atomic E-state index is 9.79. The molecule has 0 aliphatic carbocycles. The molecule has 0 aromatic heterocycles. The van der Waals surface area contributed by atoms with Gasteiger partial charge in [-0.3, -0.25) is 0 Å². The highest BCUT2D eigenvalue weighted by Gasteiger charge is 2.14. The first-order valence-corrected chi connectivity index (χ1v) is 2.55. The van der Waals surface area contributed by atoms with E-state index in [0.29, 0.717) is 0 Å². The predicted octanol–water partition coefficient (Wildman–Crippen LogP) is 1.42. The summed E-state index contributed by atoms with van der Waals surface area (Å²) in [6.45, 7) is 2.94. The summed E-state index contributed by atoms with van der Waals surface area (Å²) in [6.07, 6.45) is -1.39. The van der Waals surface area contributed by atoms with Gasteiger partial charge in [0, 0.05) is 0 Å². The van der Waals surface area contributed by atoms with Crippen molar-refractivity contribution < 1.29 is 9.90 Å². The molecule has 0 saturated carbocycles. The SMILES string of the molecule is CC(C)(C#N)N=NC(=O)O. The lowest BCUT2D eigenvalue weighted by molar-refractivity contribution is 0.203. The molecule has 5 heteroatoms. The number of azo groups is 1. The first kappa shape index (κ1) is 8.56. The Morgan fingerprint density at radius 1 is 1.70 bits per heavy atom. The molecule has 0 aromatic carbocycles. The third-order valence-electron chi connectivity index (χ3n) is 0.659. The quantitative estimate of drug-likeness (QED) is 0.560. The van der Waals surface area contributed by atoms with Crippen molar-refractivity contribution in [3.63, 3.8) is 0 Å². The number of amides is 1. The zero-order valence-electron chi connectivity index (χ0n) is 5.70. The topological polar surface area (TPSA) is 85.8 Å². The Bertz CT molecular complexity index is 201. The molecule has 54 valence electrons. The van der Waals surface area contributed by atoms with Crippen molar-refractivity contribution >= 4 is 6.09 Å². The van der Waals surface area contributed by atoms with E-state index in [4.69, 9.17) is 10.4 Å². The van der Waals surface area contributed by atoms with E-state index in [0.717, 1.165) is 0 Å². The van der Waals surface area contributed by atoms with Gasteiger partial charge in [0.1, 0.15) is 0 Å². The Labute approximate surface area is 58.0 Å². The fourth-order valence-electron chi connectivity index (χ4n) is 0.190. The first-order chi connectivity index (χ1) is 4.48. The summed E-state index contributed by atoms with van der Waals surface area (Å²) in [6, 6.07) is 1.77. The number of hydrogen-bond donors (Lipinski definition) is 1. The van der Waals surface area contributed by atoms with Crippen LogP contribution >= 0.6 is 0 Å². The third-order valence-corrected chi connectivity index (χ3v) is 0.659. The van der Waals surface area contributed by atoms with E-state index in [1.807, 2.05) is 0 Å². The average molecular weight is 141 g/mol. The highest BCUT2D eigenvalue weighted by Crippen LogP contribution is 2.06. The lowest BCUT2D eigenvalue weighted by Crippen LogP contribution is -2.11. The van der Waals surface area contributed by atoms with Gasteiger partial charge in [-0.15, -0.1) is 0 Å². The van der Waals surface area contributed by atoms with Crippen LogP contribution in [0.5, 0.6) is 0 Å². The first-order valence-electron chi connectivity index (χ1n) is 2.55. The molecule has 0 atom stereocenters. The van der Waals surface area contributed by atoms with Crippen LogP contribution in [0.25, 0.3) is 0 Å². The monoisotopic (exact) mass is 141 g/mol. The fraction of sp³-hybridized carbons (Fsp3) is 0.600. The number of carbonyl (C=O) groups is 1. The van der Waals surface area contributed by atoms with Crippen molar-refractivity contribution in [2.45, 2.75) is 19.4 Å². The van der Waals surface area contributed by atoms with E-state index >= 15 is 0 Å². The summed E-state index contributed by atoms with van der Waals surface area (Å²) >= 11 is 0. The number of hydrogen-bond acceptors (Lipinski definition) is 3. The van der Waals surface area contributed by atoms with Crippen molar-refractivity contribution in [3.05, 3.63) is 0 Å². The van der Waals surface area contributed by atoms with E-state index in [-0.39, 0.29) is 0 Å². The summed E-state index contributed by atoms with van der Waals surface area (Å²) in [5, 5.41) is 22.3. The van der Waals surface area contributed by atoms with Crippen molar-refractivity contribution in [1.29, 1.82) is 5.26 Å². The minimum Gasteiger partial charge on any atom is -0.462 e. The maximum Gasteiger partial charge on any atom is 0.449 e. The molecule has 10 heavy (non-hydrogen) atoms. The van der Waals surface area contributed by atoms with Crippen LogP contribution in [0, 0.1) is 11.3 Å². The van der Waals surface area contributed by atoms with Crippen LogP contribution in [0.4, 0.5) is 4.79 Å². The second-order valence-corrected chi connectivity index (χ2v) is 2.15. The van der Waals surface area contributed by atoms with E-state index in [2.05, 4.69) is 10.2 Å². The summed E-state index contributed by atoms with van der Waals surface area (Å²) in [7, 11) is 0. The van der Waals surface area contributed by atoms with E-state index in [1.165, 1.54) is 13.8 Å². The minimum absolute atomic E-state index is 1.04. The standard InChI is InChI=1S/C5H7N3O2/c1-5(2,3-6)8-7-4(9)10/h1-2H3,(H,9,10). The number of carboxylic acid groups (broad SMARTS) is 1. The van der Waals surface area contributed by atoms with Crippen molar-refractivity contribution in [2.75, 3.05) is 0 Å². The lowest BCUT2D eigenvalue weighted by atomic mass is 10.1. The second kappa shape index (κ2) is 2.92. The molecule has 0 aromatic rings. The minimum atomic E-state index is -1.39. The zero-order chi connectivity index (χ0) is 8.20. The van der Waals surface area contributed by atoms with Crippen LogP contribution in [0.1, 0.15) is 13.8 Å². The molecule has 1 N–H and O–H groups in total. The molecule has 0 heterocycles. The van der Waals surface area contributed by atoms with Crippen LogP contribution in [-0.4, -0.2) is 16.7 Å². The van der Waals surface area contributed by atoms with Gasteiger partial charge in [-0.05, 0) is 13.8 Å². The maximum absolute atomic E-state index is 9.79. The third kappa shape index (κ3) is 3.55. The number of nitriles is 1. The molecule has 5 nitrogen and oxygen atoms in total. The molecule has 0 unspecified atom stereocenters. The zero-order valence-corrected chi connectivity index (χ0v) is 5.70. The van der Waals surface area contributed by atoms with Crippen LogP contribution in [0.3, 0.4) is 0 Å². The summed E-state index contributed by atoms with van der Waals surface area (Å²) < 4.78 is 0. The summed E-state index contributed by atoms with van der Waals surface area (Å²) in [4.78, 5) is 9.79. The fourth-order valence-corrected chi connectivity index (χ4v) is 0.190. The summed E-state index contributed by atoms with van der Waals surface area (Å²) in [5.41, 5.74) is -1.04. The van der Waals surface area contributed by atoms with Crippen LogP contribution in [0.15, 0.2) is 10.2 Å². The van der Waals surface area contributed by atoms with Gasteiger partial charge in [0.15, 0.2) is 5.54 Å². The second-order valence-electron chi connectivity index (χ2n) is 2.15. The molecule has 0 radical (unpaired) electrons. The van der Waals surface area contributed by atoms with Crippen LogP contribution in [0.2, 0.25) is 0 Å². The molecule has 0 rings (SSSR count). The average Bonchev–Trinajstić information content (AvgIpc) is 1.85. The van der Waals surface area contributed by atoms with Crippen LogP contribution in [-0.2, 0) is 0 Å². The Morgan fingerprint density at radius 2 is 2.20 bits per heavy atom. The Balaban J connectivity index is 4.16. The Morgan fingerprint density at radius 3 is 2.50 bits per heavy atom. The summed E-state index contributed by atoms with van der Waals surface area (Å²) in [5.74, 6) is 0. The van der Waals surface area contributed by atoms with Crippen molar-refractivity contribution in [3.8, 4) is 6.07 Å².